The van der Waals surface area contributed by atoms with E-state index < -0.39 is 0 Å². The first-order valence-electron chi connectivity index (χ1n) is 10.5. The first-order chi connectivity index (χ1) is 13.7. The molecule has 4 rings (SSSR count). The molecule has 1 aliphatic heterocycles. The monoisotopic (exact) mass is 385 g/mol. The van der Waals surface area contributed by atoms with Crippen molar-refractivity contribution < 1.29 is 13.7 Å². The lowest BCUT2D eigenvalue weighted by molar-refractivity contribution is -0.133. The van der Waals surface area contributed by atoms with Gasteiger partial charge in [-0.3, -0.25) is 4.79 Å². The van der Waals surface area contributed by atoms with Crippen LogP contribution >= 0.6 is 0 Å². The highest BCUT2D eigenvalue weighted by molar-refractivity contribution is 5.76. The van der Waals surface area contributed by atoms with Crippen molar-refractivity contribution >= 4 is 5.91 Å². The fraction of sp³-hybridized carbons (Fsp3) is 0.591. The van der Waals surface area contributed by atoms with Gasteiger partial charge in [-0.2, -0.15) is 4.98 Å². The van der Waals surface area contributed by atoms with Crippen molar-refractivity contribution in [3.05, 3.63) is 36.0 Å². The maximum absolute atomic E-state index is 13.0. The van der Waals surface area contributed by atoms with Gasteiger partial charge in [0.05, 0.1) is 0 Å². The summed E-state index contributed by atoms with van der Waals surface area (Å²) >= 11 is 0. The Hall–Kier alpha value is -2.24. The molecule has 1 aromatic carbocycles. The SMILES string of the molecule is O=C(CC1CCCCC1)N1CCC(Cc2nc(-c3ccc(F)cc3)no2)CC1. The van der Waals surface area contributed by atoms with Crippen LogP contribution in [0.2, 0.25) is 0 Å². The smallest absolute Gasteiger partial charge is 0.227 e. The van der Waals surface area contributed by atoms with Crippen molar-refractivity contribution in [2.45, 2.75) is 57.8 Å². The minimum atomic E-state index is -0.280. The molecule has 1 aliphatic carbocycles. The Balaban J connectivity index is 1.25. The number of halogens is 1. The van der Waals surface area contributed by atoms with Gasteiger partial charge in [-0.25, -0.2) is 4.39 Å². The zero-order valence-electron chi connectivity index (χ0n) is 16.3. The van der Waals surface area contributed by atoms with Gasteiger partial charge in [0.2, 0.25) is 17.6 Å². The van der Waals surface area contributed by atoms with Gasteiger partial charge in [-0.1, -0.05) is 24.4 Å². The van der Waals surface area contributed by atoms with Crippen LogP contribution < -0.4 is 0 Å². The number of piperidine rings is 1. The van der Waals surface area contributed by atoms with Gasteiger partial charge in [0.15, 0.2) is 0 Å². The molecule has 28 heavy (non-hydrogen) atoms. The molecule has 150 valence electrons. The average molecular weight is 385 g/mol. The predicted octanol–water partition coefficient (Wildman–Crippen LogP) is 4.63. The number of aromatic nitrogens is 2. The molecular formula is C22H28FN3O2. The number of hydrogen-bond acceptors (Lipinski definition) is 4. The second-order valence-electron chi connectivity index (χ2n) is 8.26. The van der Waals surface area contributed by atoms with Crippen molar-refractivity contribution in [2.24, 2.45) is 11.8 Å². The Bertz CT molecular complexity index is 775. The quantitative estimate of drug-likeness (QED) is 0.753. The summed E-state index contributed by atoms with van der Waals surface area (Å²) in [4.78, 5) is 19.1. The topological polar surface area (TPSA) is 59.2 Å². The van der Waals surface area contributed by atoms with E-state index in [4.69, 9.17) is 4.52 Å². The van der Waals surface area contributed by atoms with Crippen LogP contribution in [0.15, 0.2) is 28.8 Å². The lowest BCUT2D eigenvalue weighted by Gasteiger charge is -2.33. The molecule has 2 aromatic rings. The summed E-state index contributed by atoms with van der Waals surface area (Å²) in [6.45, 7) is 1.66. The number of hydrogen-bond donors (Lipinski definition) is 0. The second kappa shape index (κ2) is 8.84. The van der Waals surface area contributed by atoms with Crippen molar-refractivity contribution in [1.29, 1.82) is 0 Å². The van der Waals surface area contributed by atoms with Crippen molar-refractivity contribution in [1.82, 2.24) is 15.0 Å². The molecule has 0 spiro atoms. The fourth-order valence-electron chi connectivity index (χ4n) is 4.45. The first kappa shape index (κ1) is 19.1. The van der Waals surface area contributed by atoms with Gasteiger partial charge in [-0.15, -0.1) is 0 Å². The van der Waals surface area contributed by atoms with Crippen molar-refractivity contribution in [3.8, 4) is 11.4 Å². The van der Waals surface area contributed by atoms with E-state index in [0.717, 1.165) is 44.3 Å². The van der Waals surface area contributed by atoms with Crippen LogP contribution in [-0.2, 0) is 11.2 Å². The van der Waals surface area contributed by atoms with E-state index in [9.17, 15) is 9.18 Å². The third kappa shape index (κ3) is 4.78. The average Bonchev–Trinajstić information content (AvgIpc) is 3.18. The van der Waals surface area contributed by atoms with E-state index in [1.165, 1.54) is 44.2 Å². The molecule has 6 heteroatoms. The van der Waals surface area contributed by atoms with Crippen molar-refractivity contribution in [2.75, 3.05) is 13.1 Å². The molecule has 5 nitrogen and oxygen atoms in total. The largest absolute Gasteiger partial charge is 0.343 e. The first-order valence-corrected chi connectivity index (χ1v) is 10.5. The summed E-state index contributed by atoms with van der Waals surface area (Å²) in [6, 6.07) is 6.09. The van der Waals surface area contributed by atoms with Gasteiger partial charge in [0, 0.05) is 31.5 Å². The summed E-state index contributed by atoms with van der Waals surface area (Å²) < 4.78 is 18.4. The second-order valence-corrected chi connectivity index (χ2v) is 8.26. The standard InChI is InChI=1S/C22H28FN3O2/c23-19-8-6-18(7-9-19)22-24-20(28-25-22)14-17-10-12-26(13-11-17)21(27)15-16-4-2-1-3-5-16/h6-9,16-17H,1-5,10-15H2. The minimum absolute atomic E-state index is 0.280. The number of nitrogens with zero attached hydrogens (tertiary/aromatic N) is 3. The van der Waals surface area contributed by atoms with E-state index >= 15 is 0 Å². The summed E-state index contributed by atoms with van der Waals surface area (Å²) in [5.41, 5.74) is 0.750. The molecule has 2 aliphatic rings. The van der Waals surface area contributed by atoms with Crippen LogP contribution in [-0.4, -0.2) is 34.0 Å². The number of rotatable bonds is 5. The number of amides is 1. The lowest BCUT2D eigenvalue weighted by Crippen LogP contribution is -2.39. The summed E-state index contributed by atoms with van der Waals surface area (Å²) in [6.07, 6.45) is 9.75. The number of carbonyl (C=O) groups is 1. The number of carbonyl (C=O) groups excluding carboxylic acids is 1. The summed E-state index contributed by atoms with van der Waals surface area (Å²) in [7, 11) is 0. The van der Waals surface area contributed by atoms with E-state index in [1.54, 1.807) is 12.1 Å². The Morgan fingerprint density at radius 3 is 2.46 bits per heavy atom. The Morgan fingerprint density at radius 2 is 1.75 bits per heavy atom. The zero-order valence-corrected chi connectivity index (χ0v) is 16.3. The van der Waals surface area contributed by atoms with Crippen LogP contribution in [0.5, 0.6) is 0 Å². The zero-order chi connectivity index (χ0) is 19.3. The number of likely N-dealkylation sites (tertiary alicyclic amines) is 1. The molecule has 2 fully saturated rings. The molecule has 0 N–H and O–H groups in total. The molecule has 0 radical (unpaired) electrons. The Morgan fingerprint density at radius 1 is 1.04 bits per heavy atom. The van der Waals surface area contributed by atoms with Crippen LogP contribution in [0.4, 0.5) is 4.39 Å². The minimum Gasteiger partial charge on any atom is -0.343 e. The third-order valence-corrected chi connectivity index (χ3v) is 6.19. The predicted molar refractivity (Wildman–Crippen MR) is 104 cm³/mol. The van der Waals surface area contributed by atoms with Gasteiger partial charge < -0.3 is 9.42 Å². The van der Waals surface area contributed by atoms with Crippen LogP contribution in [0.25, 0.3) is 11.4 Å². The van der Waals surface area contributed by atoms with Crippen molar-refractivity contribution in [3.63, 3.8) is 0 Å². The Labute approximate surface area is 165 Å². The highest BCUT2D eigenvalue weighted by Crippen LogP contribution is 2.28. The van der Waals surface area contributed by atoms with E-state index in [2.05, 4.69) is 10.1 Å². The maximum Gasteiger partial charge on any atom is 0.227 e. The molecule has 1 aromatic heterocycles. The highest BCUT2D eigenvalue weighted by Gasteiger charge is 2.26. The van der Waals surface area contributed by atoms with E-state index in [0.29, 0.717) is 29.5 Å². The normalized spacial score (nSPS) is 19.1. The lowest BCUT2D eigenvalue weighted by atomic mass is 9.86. The maximum atomic E-state index is 13.0. The third-order valence-electron chi connectivity index (χ3n) is 6.19. The molecule has 2 heterocycles. The fourth-order valence-corrected chi connectivity index (χ4v) is 4.45. The van der Waals surface area contributed by atoms with Crippen LogP contribution in [0.3, 0.4) is 0 Å². The summed E-state index contributed by atoms with van der Waals surface area (Å²) in [5.74, 6) is 2.22. The summed E-state index contributed by atoms with van der Waals surface area (Å²) in [5, 5.41) is 4.02. The van der Waals surface area contributed by atoms with E-state index in [-0.39, 0.29) is 5.82 Å². The molecule has 1 saturated carbocycles. The number of benzene rings is 1. The van der Waals surface area contributed by atoms with E-state index in [1.807, 2.05) is 4.90 Å². The van der Waals surface area contributed by atoms with Gasteiger partial charge in [0.25, 0.3) is 0 Å². The molecule has 1 saturated heterocycles. The highest BCUT2D eigenvalue weighted by atomic mass is 19.1. The van der Waals surface area contributed by atoms with Crippen LogP contribution in [0, 0.1) is 17.7 Å². The molecule has 0 bridgehead atoms. The van der Waals surface area contributed by atoms with Gasteiger partial charge in [-0.05, 0) is 61.8 Å². The molecular weight excluding hydrogens is 357 g/mol. The van der Waals surface area contributed by atoms with Crippen LogP contribution in [0.1, 0.15) is 57.3 Å². The van der Waals surface area contributed by atoms with Gasteiger partial charge in [0.1, 0.15) is 5.82 Å². The molecule has 1 amide bonds. The Kier molecular flexibility index (Phi) is 6.03. The molecule has 0 atom stereocenters. The molecule has 0 unspecified atom stereocenters. The van der Waals surface area contributed by atoms with Gasteiger partial charge >= 0.3 is 0 Å².